The lowest BCUT2D eigenvalue weighted by Crippen LogP contribution is -2.42. The van der Waals surface area contributed by atoms with Crippen LogP contribution in [0.5, 0.6) is 0 Å². The lowest BCUT2D eigenvalue weighted by atomic mass is 9.93. The smallest absolute Gasteiger partial charge is 0.241 e. The summed E-state index contributed by atoms with van der Waals surface area (Å²) < 4.78 is 18.9. The van der Waals surface area contributed by atoms with Crippen molar-refractivity contribution in [1.82, 2.24) is 5.43 Å². The highest BCUT2D eigenvalue weighted by Gasteiger charge is 2.34. The van der Waals surface area contributed by atoms with Crippen molar-refractivity contribution in [2.45, 2.75) is 32.7 Å². The van der Waals surface area contributed by atoms with E-state index in [1.807, 2.05) is 20.8 Å². The highest BCUT2D eigenvalue weighted by Crippen LogP contribution is 2.39. The summed E-state index contributed by atoms with van der Waals surface area (Å²) in [6, 6.07) is 2.88. The number of ether oxygens (including phenoxy) is 1. The van der Waals surface area contributed by atoms with Crippen molar-refractivity contribution in [2.75, 3.05) is 17.7 Å². The van der Waals surface area contributed by atoms with Crippen molar-refractivity contribution in [1.29, 1.82) is 0 Å². The number of carbonyl (C=O) groups excluding carboxylic acids is 1. The molecule has 7 heteroatoms. The molecule has 0 radical (unpaired) electrons. The molecule has 0 unspecified atom stereocenters. The number of nitrogens with one attached hydrogen (secondary N) is 3. The molecule has 1 amide bonds. The van der Waals surface area contributed by atoms with Crippen molar-refractivity contribution in [3.8, 4) is 0 Å². The third-order valence-electron chi connectivity index (χ3n) is 3.63. The van der Waals surface area contributed by atoms with Crippen molar-refractivity contribution in [3.05, 3.63) is 35.0 Å². The largest absolute Gasteiger partial charge is 0.499 e. The molecule has 22 heavy (non-hydrogen) atoms. The number of hydrogen-bond acceptors (Lipinski definition) is 5. The van der Waals surface area contributed by atoms with Gasteiger partial charge in [-0.2, -0.15) is 0 Å². The summed E-state index contributed by atoms with van der Waals surface area (Å²) in [5.74, 6) is 4.94. The van der Waals surface area contributed by atoms with Crippen LogP contribution in [0.1, 0.15) is 25.8 Å². The Labute approximate surface area is 128 Å². The molecule has 0 bridgehead atoms. The van der Waals surface area contributed by atoms with Crippen molar-refractivity contribution in [3.63, 3.8) is 0 Å². The standard InChI is InChI=1S/C15H21FN4O2/c1-8-5-9(16)6-10-13(8)18-14(15(2,3)19-10)11(22-4)7-12(21)20-17/h5-6,18-19H,7,17H2,1-4H3,(H,20,21). The Kier molecular flexibility index (Phi) is 4.27. The van der Waals surface area contributed by atoms with Gasteiger partial charge in [-0.05, 0) is 38.5 Å². The molecule has 1 aliphatic rings. The molecule has 0 aromatic heterocycles. The van der Waals surface area contributed by atoms with Gasteiger partial charge in [-0.25, -0.2) is 10.2 Å². The summed E-state index contributed by atoms with van der Waals surface area (Å²) in [6.07, 6.45) is 0.00994. The van der Waals surface area contributed by atoms with Crippen LogP contribution in [0.15, 0.2) is 23.6 Å². The first-order valence-corrected chi connectivity index (χ1v) is 6.91. The topological polar surface area (TPSA) is 88.4 Å². The van der Waals surface area contributed by atoms with Crippen molar-refractivity contribution >= 4 is 17.3 Å². The Balaban J connectivity index is 2.50. The van der Waals surface area contributed by atoms with Gasteiger partial charge >= 0.3 is 0 Å². The van der Waals surface area contributed by atoms with Crippen LogP contribution in [-0.2, 0) is 9.53 Å². The molecule has 5 N–H and O–H groups in total. The molecular formula is C15H21FN4O2. The van der Waals surface area contributed by atoms with E-state index >= 15 is 0 Å². The van der Waals surface area contributed by atoms with E-state index in [4.69, 9.17) is 10.6 Å². The van der Waals surface area contributed by atoms with Gasteiger partial charge in [-0.3, -0.25) is 10.2 Å². The SMILES string of the molecule is COC(CC(=O)NN)=C1Nc2c(C)cc(F)cc2NC1(C)C. The number of methoxy groups -OCH3 is 1. The number of benzene rings is 1. The Hall–Kier alpha value is -2.28. The first kappa shape index (κ1) is 16.1. The molecule has 0 atom stereocenters. The van der Waals surface area contributed by atoms with E-state index in [0.29, 0.717) is 17.1 Å². The zero-order valence-corrected chi connectivity index (χ0v) is 13.1. The van der Waals surface area contributed by atoms with Gasteiger partial charge < -0.3 is 15.4 Å². The second-order valence-electron chi connectivity index (χ2n) is 5.77. The summed E-state index contributed by atoms with van der Waals surface area (Å²) >= 11 is 0. The fraction of sp³-hybridized carbons (Fsp3) is 0.400. The number of anilines is 2. The average Bonchev–Trinajstić information content (AvgIpc) is 2.43. The molecule has 0 aliphatic carbocycles. The highest BCUT2D eigenvalue weighted by molar-refractivity contribution is 5.81. The minimum atomic E-state index is -0.562. The Morgan fingerprint density at radius 2 is 2.14 bits per heavy atom. The molecule has 0 fully saturated rings. The maximum atomic E-state index is 13.6. The number of halogens is 1. The minimum Gasteiger partial charge on any atom is -0.499 e. The Morgan fingerprint density at radius 1 is 1.45 bits per heavy atom. The molecule has 1 aromatic rings. The number of carbonyl (C=O) groups is 1. The predicted molar refractivity (Wildman–Crippen MR) is 83.4 cm³/mol. The second-order valence-corrected chi connectivity index (χ2v) is 5.77. The van der Waals surface area contributed by atoms with E-state index < -0.39 is 5.54 Å². The summed E-state index contributed by atoms with van der Waals surface area (Å²) in [5.41, 5.74) is 4.42. The quantitative estimate of drug-likeness (QED) is 0.297. The maximum absolute atomic E-state index is 13.6. The lowest BCUT2D eigenvalue weighted by molar-refractivity contribution is -0.121. The number of hydrogen-bond donors (Lipinski definition) is 4. The number of rotatable bonds is 3. The number of amides is 1. The molecule has 1 aromatic carbocycles. The molecule has 0 saturated carbocycles. The maximum Gasteiger partial charge on any atom is 0.241 e. The highest BCUT2D eigenvalue weighted by atomic mass is 19.1. The zero-order valence-electron chi connectivity index (χ0n) is 13.1. The first-order valence-electron chi connectivity index (χ1n) is 6.91. The van der Waals surface area contributed by atoms with Gasteiger partial charge in [0.15, 0.2) is 0 Å². The Bertz CT molecular complexity index is 641. The van der Waals surface area contributed by atoms with E-state index in [1.54, 1.807) is 0 Å². The molecule has 2 rings (SSSR count). The van der Waals surface area contributed by atoms with Gasteiger partial charge in [0.1, 0.15) is 11.6 Å². The third kappa shape index (κ3) is 2.99. The molecule has 120 valence electrons. The minimum absolute atomic E-state index is 0.00994. The second kappa shape index (κ2) is 5.84. The molecule has 6 nitrogen and oxygen atoms in total. The lowest BCUT2D eigenvalue weighted by Gasteiger charge is -2.39. The van der Waals surface area contributed by atoms with Crippen LogP contribution in [0, 0.1) is 12.7 Å². The Morgan fingerprint density at radius 3 is 2.73 bits per heavy atom. The van der Waals surface area contributed by atoms with E-state index in [-0.39, 0.29) is 18.1 Å². The molecule has 1 heterocycles. The van der Waals surface area contributed by atoms with Gasteiger partial charge in [0, 0.05) is 0 Å². The fourth-order valence-corrected chi connectivity index (χ4v) is 2.57. The predicted octanol–water partition coefficient (Wildman–Crippen LogP) is 1.99. The van der Waals surface area contributed by atoms with Gasteiger partial charge in [0.25, 0.3) is 0 Å². The van der Waals surface area contributed by atoms with Gasteiger partial charge in [0.2, 0.25) is 5.91 Å². The summed E-state index contributed by atoms with van der Waals surface area (Å²) in [4.78, 5) is 11.5. The van der Waals surface area contributed by atoms with Gasteiger partial charge in [-0.1, -0.05) is 0 Å². The fourth-order valence-electron chi connectivity index (χ4n) is 2.57. The van der Waals surface area contributed by atoms with Crippen molar-refractivity contribution < 1.29 is 13.9 Å². The molecule has 1 aliphatic heterocycles. The number of hydrazine groups is 1. The molecular weight excluding hydrogens is 287 g/mol. The van der Waals surface area contributed by atoms with E-state index in [1.165, 1.54) is 19.2 Å². The van der Waals surface area contributed by atoms with Crippen LogP contribution in [0.2, 0.25) is 0 Å². The average molecular weight is 308 g/mol. The normalized spacial score (nSPS) is 17.7. The molecule has 0 saturated heterocycles. The van der Waals surface area contributed by atoms with Crippen LogP contribution in [0.4, 0.5) is 15.8 Å². The van der Waals surface area contributed by atoms with E-state index in [0.717, 1.165) is 11.3 Å². The molecule has 0 spiro atoms. The first-order chi connectivity index (χ1) is 10.3. The number of fused-ring (bicyclic) bond motifs is 1. The monoisotopic (exact) mass is 308 g/mol. The summed E-state index contributed by atoms with van der Waals surface area (Å²) in [6.45, 7) is 5.64. The van der Waals surface area contributed by atoms with Crippen LogP contribution >= 0.6 is 0 Å². The van der Waals surface area contributed by atoms with E-state index in [9.17, 15) is 9.18 Å². The zero-order chi connectivity index (χ0) is 16.5. The van der Waals surface area contributed by atoms with Crippen LogP contribution < -0.4 is 21.9 Å². The third-order valence-corrected chi connectivity index (χ3v) is 3.63. The summed E-state index contributed by atoms with van der Waals surface area (Å²) in [7, 11) is 1.50. The van der Waals surface area contributed by atoms with E-state index in [2.05, 4.69) is 16.1 Å². The van der Waals surface area contributed by atoms with Crippen molar-refractivity contribution in [2.24, 2.45) is 5.84 Å². The van der Waals surface area contributed by atoms with Crippen LogP contribution in [0.3, 0.4) is 0 Å². The van der Waals surface area contributed by atoms with Gasteiger partial charge in [0.05, 0.1) is 36.1 Å². The van der Waals surface area contributed by atoms with Crippen LogP contribution in [0.25, 0.3) is 0 Å². The number of aryl methyl sites for hydroxylation is 1. The summed E-state index contributed by atoms with van der Waals surface area (Å²) in [5, 5.41) is 6.54. The van der Waals surface area contributed by atoms with Crippen LogP contribution in [-0.4, -0.2) is 18.6 Å². The number of nitrogens with two attached hydrogens (primary N) is 1. The van der Waals surface area contributed by atoms with Gasteiger partial charge in [-0.15, -0.1) is 0 Å².